The molecule has 1 saturated heterocycles. The second-order valence-electron chi connectivity index (χ2n) is 7.27. The highest BCUT2D eigenvalue weighted by Gasteiger charge is 2.18. The molecule has 8 heteroatoms. The number of morpholine rings is 1. The average molecular weight is 425 g/mol. The van der Waals surface area contributed by atoms with E-state index < -0.39 is 0 Å². The first-order valence-corrected chi connectivity index (χ1v) is 10.5. The number of benzene rings is 2. The van der Waals surface area contributed by atoms with Crippen molar-refractivity contribution >= 4 is 34.8 Å². The second kappa shape index (κ2) is 11.1. The minimum Gasteiger partial charge on any atom is -0.378 e. The highest BCUT2D eigenvalue weighted by atomic mass is 16.5. The van der Waals surface area contributed by atoms with Gasteiger partial charge in [0.05, 0.1) is 19.8 Å². The van der Waals surface area contributed by atoms with E-state index in [0.29, 0.717) is 49.7 Å². The van der Waals surface area contributed by atoms with Gasteiger partial charge in [0.2, 0.25) is 11.8 Å². The Morgan fingerprint density at radius 2 is 1.55 bits per heavy atom. The maximum Gasteiger partial charge on any atom is 0.254 e. The van der Waals surface area contributed by atoms with Gasteiger partial charge in [0.1, 0.15) is 0 Å². The fourth-order valence-electron chi connectivity index (χ4n) is 3.22. The average Bonchev–Trinajstić information content (AvgIpc) is 2.78. The molecule has 0 unspecified atom stereocenters. The molecule has 3 N–H and O–H groups in total. The summed E-state index contributed by atoms with van der Waals surface area (Å²) in [7, 11) is 0. The standard InChI is InChI=1S/C23H28N4O4/c1-2-5-21(28)25-20-9-4-7-18(15-20)24-16-22(29)26-19-8-3-6-17(14-19)23(30)27-10-12-31-13-11-27/h3-4,6-9,14-15,24H,2,5,10-13,16H2,1H3,(H,25,28)(H,26,29). The van der Waals surface area contributed by atoms with Crippen molar-refractivity contribution in [1.82, 2.24) is 4.90 Å². The molecule has 31 heavy (non-hydrogen) atoms. The minimum atomic E-state index is -0.239. The molecule has 1 aliphatic heterocycles. The van der Waals surface area contributed by atoms with Gasteiger partial charge in [-0.1, -0.05) is 19.1 Å². The summed E-state index contributed by atoms with van der Waals surface area (Å²) in [6.07, 6.45) is 1.25. The number of nitrogens with one attached hydrogen (secondary N) is 3. The minimum absolute atomic E-state index is 0.0381. The predicted molar refractivity (Wildman–Crippen MR) is 120 cm³/mol. The van der Waals surface area contributed by atoms with Gasteiger partial charge in [-0.2, -0.15) is 0 Å². The molecule has 164 valence electrons. The van der Waals surface area contributed by atoms with E-state index in [1.54, 1.807) is 41.3 Å². The zero-order chi connectivity index (χ0) is 22.1. The summed E-state index contributed by atoms with van der Waals surface area (Å²) < 4.78 is 5.28. The summed E-state index contributed by atoms with van der Waals surface area (Å²) in [5, 5.41) is 8.69. The molecule has 2 aromatic rings. The molecule has 8 nitrogen and oxygen atoms in total. The van der Waals surface area contributed by atoms with E-state index in [-0.39, 0.29) is 24.3 Å². The largest absolute Gasteiger partial charge is 0.378 e. The molecule has 0 aromatic heterocycles. The Hall–Kier alpha value is -3.39. The van der Waals surface area contributed by atoms with Crippen molar-refractivity contribution < 1.29 is 19.1 Å². The third kappa shape index (κ3) is 6.82. The van der Waals surface area contributed by atoms with Crippen molar-refractivity contribution in [3.05, 3.63) is 54.1 Å². The third-order valence-electron chi connectivity index (χ3n) is 4.77. The summed E-state index contributed by atoms with van der Waals surface area (Å²) in [5.41, 5.74) is 2.49. The van der Waals surface area contributed by atoms with Gasteiger partial charge in [-0.3, -0.25) is 14.4 Å². The van der Waals surface area contributed by atoms with Crippen LogP contribution in [0.4, 0.5) is 17.1 Å². The Labute approximate surface area is 182 Å². The molecule has 1 heterocycles. The van der Waals surface area contributed by atoms with Crippen molar-refractivity contribution in [2.75, 3.05) is 48.8 Å². The molecule has 1 fully saturated rings. The lowest BCUT2D eigenvalue weighted by atomic mass is 10.1. The van der Waals surface area contributed by atoms with Crippen molar-refractivity contribution in [1.29, 1.82) is 0 Å². The van der Waals surface area contributed by atoms with E-state index in [1.807, 2.05) is 19.1 Å². The number of nitrogens with zero attached hydrogens (tertiary/aromatic N) is 1. The van der Waals surface area contributed by atoms with Crippen LogP contribution in [-0.4, -0.2) is 55.5 Å². The van der Waals surface area contributed by atoms with Crippen LogP contribution in [0.25, 0.3) is 0 Å². The van der Waals surface area contributed by atoms with Gasteiger partial charge in [0, 0.05) is 42.1 Å². The quantitative estimate of drug-likeness (QED) is 0.605. The van der Waals surface area contributed by atoms with Gasteiger partial charge in [0.15, 0.2) is 0 Å². The highest BCUT2D eigenvalue weighted by molar-refractivity contribution is 5.98. The lowest BCUT2D eigenvalue weighted by Gasteiger charge is -2.27. The fraction of sp³-hybridized carbons (Fsp3) is 0.348. The zero-order valence-corrected chi connectivity index (χ0v) is 17.6. The summed E-state index contributed by atoms with van der Waals surface area (Å²) in [6, 6.07) is 14.1. The first-order valence-electron chi connectivity index (χ1n) is 10.5. The molecular formula is C23H28N4O4. The number of hydrogen-bond donors (Lipinski definition) is 3. The Morgan fingerprint density at radius 1 is 0.903 bits per heavy atom. The third-order valence-corrected chi connectivity index (χ3v) is 4.77. The van der Waals surface area contributed by atoms with E-state index in [9.17, 15) is 14.4 Å². The SMILES string of the molecule is CCCC(=O)Nc1cccc(NCC(=O)Nc2cccc(C(=O)N3CCOCC3)c2)c1. The lowest BCUT2D eigenvalue weighted by Crippen LogP contribution is -2.40. The van der Waals surface area contributed by atoms with Crippen LogP contribution in [0.15, 0.2) is 48.5 Å². The zero-order valence-electron chi connectivity index (χ0n) is 17.6. The summed E-state index contributed by atoms with van der Waals surface area (Å²) in [6.45, 7) is 4.21. The maximum atomic E-state index is 12.6. The van der Waals surface area contributed by atoms with Crippen molar-refractivity contribution in [3.63, 3.8) is 0 Å². The van der Waals surface area contributed by atoms with Gasteiger partial charge in [-0.25, -0.2) is 0 Å². The van der Waals surface area contributed by atoms with Crippen molar-refractivity contribution in [3.8, 4) is 0 Å². The van der Waals surface area contributed by atoms with Gasteiger partial charge >= 0.3 is 0 Å². The van der Waals surface area contributed by atoms with E-state index in [4.69, 9.17) is 4.74 Å². The molecule has 3 amide bonds. The first-order chi connectivity index (χ1) is 15.0. The Bertz CT molecular complexity index is 925. The molecule has 1 aliphatic rings. The number of hydrogen-bond acceptors (Lipinski definition) is 5. The number of carbonyl (C=O) groups excluding carboxylic acids is 3. The van der Waals surface area contributed by atoms with Crippen LogP contribution in [0.1, 0.15) is 30.1 Å². The Kier molecular flexibility index (Phi) is 8.00. The first kappa shape index (κ1) is 22.3. The van der Waals surface area contributed by atoms with Crippen molar-refractivity contribution in [2.45, 2.75) is 19.8 Å². The van der Waals surface area contributed by atoms with Gasteiger partial charge in [0.25, 0.3) is 5.91 Å². The van der Waals surface area contributed by atoms with Crippen molar-refractivity contribution in [2.24, 2.45) is 0 Å². The fourth-order valence-corrected chi connectivity index (χ4v) is 3.22. The normalized spacial score (nSPS) is 13.4. The van der Waals surface area contributed by atoms with Crippen LogP contribution in [0.5, 0.6) is 0 Å². The highest BCUT2D eigenvalue weighted by Crippen LogP contribution is 2.16. The maximum absolute atomic E-state index is 12.6. The number of amides is 3. The molecule has 0 spiro atoms. The van der Waals surface area contributed by atoms with Gasteiger partial charge in [-0.05, 0) is 42.8 Å². The summed E-state index contributed by atoms with van der Waals surface area (Å²) >= 11 is 0. The number of rotatable bonds is 8. The number of ether oxygens (including phenoxy) is 1. The van der Waals surface area contributed by atoms with Crippen LogP contribution < -0.4 is 16.0 Å². The van der Waals surface area contributed by atoms with Crippen LogP contribution in [0, 0.1) is 0 Å². The molecule has 2 aromatic carbocycles. The Morgan fingerprint density at radius 3 is 2.29 bits per heavy atom. The molecule has 3 rings (SSSR count). The molecule has 0 saturated carbocycles. The number of anilines is 3. The van der Waals surface area contributed by atoms with Gasteiger partial charge < -0.3 is 25.6 Å². The van der Waals surface area contributed by atoms with Crippen LogP contribution in [0.2, 0.25) is 0 Å². The molecular weight excluding hydrogens is 396 g/mol. The monoisotopic (exact) mass is 424 g/mol. The second-order valence-corrected chi connectivity index (χ2v) is 7.27. The topological polar surface area (TPSA) is 99.8 Å². The lowest BCUT2D eigenvalue weighted by molar-refractivity contribution is -0.116. The van der Waals surface area contributed by atoms with E-state index in [2.05, 4.69) is 16.0 Å². The molecule has 0 radical (unpaired) electrons. The molecule has 0 atom stereocenters. The summed E-state index contributed by atoms with van der Waals surface area (Å²) in [5.74, 6) is -0.347. The van der Waals surface area contributed by atoms with Crippen LogP contribution in [-0.2, 0) is 14.3 Å². The Balaban J connectivity index is 1.53. The number of carbonyl (C=O) groups is 3. The molecule has 0 aliphatic carbocycles. The van der Waals surface area contributed by atoms with Gasteiger partial charge in [-0.15, -0.1) is 0 Å². The van der Waals surface area contributed by atoms with E-state index >= 15 is 0 Å². The van der Waals surface area contributed by atoms with Crippen LogP contribution >= 0.6 is 0 Å². The predicted octanol–water partition coefficient (Wildman–Crippen LogP) is 2.95. The van der Waals surface area contributed by atoms with Crippen LogP contribution in [0.3, 0.4) is 0 Å². The van der Waals surface area contributed by atoms with E-state index in [0.717, 1.165) is 12.1 Å². The molecule has 0 bridgehead atoms. The van der Waals surface area contributed by atoms with E-state index in [1.165, 1.54) is 0 Å². The summed E-state index contributed by atoms with van der Waals surface area (Å²) in [4.78, 5) is 38.5. The smallest absolute Gasteiger partial charge is 0.254 e.